The Morgan fingerprint density at radius 3 is 2.50 bits per heavy atom. The van der Waals surface area contributed by atoms with Gasteiger partial charge in [0.25, 0.3) is 0 Å². The van der Waals surface area contributed by atoms with Crippen molar-refractivity contribution in [1.82, 2.24) is 0 Å². The monoisotopic (exact) mass is 142 g/mol. The maximum atomic E-state index is 9.44. The molecule has 0 aliphatic heterocycles. The van der Waals surface area contributed by atoms with Gasteiger partial charge in [-0.1, -0.05) is 20.3 Å². The molecule has 1 N–H and O–H groups in total. The first-order valence-corrected chi connectivity index (χ1v) is 4.28. The molecule has 0 heterocycles. The van der Waals surface area contributed by atoms with E-state index in [1.807, 2.05) is 6.92 Å². The second-order valence-corrected chi connectivity index (χ2v) is 4.01. The molecule has 0 spiro atoms. The fourth-order valence-electron chi connectivity index (χ4n) is 1.43. The number of hydrogen-bond acceptors (Lipinski definition) is 1. The van der Waals surface area contributed by atoms with E-state index in [0.29, 0.717) is 5.92 Å². The lowest BCUT2D eigenvalue weighted by Gasteiger charge is -2.07. The van der Waals surface area contributed by atoms with E-state index in [2.05, 4.69) is 13.8 Å². The Balaban J connectivity index is 2.17. The van der Waals surface area contributed by atoms with Gasteiger partial charge in [-0.05, 0) is 31.6 Å². The maximum absolute atomic E-state index is 9.44. The molecule has 1 heteroatoms. The van der Waals surface area contributed by atoms with Crippen LogP contribution in [-0.2, 0) is 0 Å². The number of rotatable bonds is 3. The summed E-state index contributed by atoms with van der Waals surface area (Å²) in [5, 5.41) is 9.44. The molecule has 60 valence electrons. The first-order chi connectivity index (χ1) is 4.56. The molecule has 1 aliphatic carbocycles. The quantitative estimate of drug-likeness (QED) is 0.640. The fraction of sp³-hybridized carbons (Fsp3) is 1.00. The third-order valence-electron chi connectivity index (χ3n) is 2.76. The van der Waals surface area contributed by atoms with Crippen LogP contribution < -0.4 is 0 Å². The molecule has 3 atom stereocenters. The number of aliphatic hydroxyl groups is 1. The van der Waals surface area contributed by atoms with Gasteiger partial charge < -0.3 is 5.11 Å². The highest BCUT2D eigenvalue weighted by Crippen LogP contribution is 2.46. The van der Waals surface area contributed by atoms with Gasteiger partial charge in [0.1, 0.15) is 0 Å². The third kappa shape index (κ3) is 1.72. The largest absolute Gasteiger partial charge is 0.390 e. The summed E-state index contributed by atoms with van der Waals surface area (Å²) in [5.74, 6) is 1.39. The van der Waals surface area contributed by atoms with Crippen LogP contribution in [0.2, 0.25) is 0 Å². The molecular weight excluding hydrogens is 124 g/mol. The van der Waals surface area contributed by atoms with Crippen LogP contribution in [0.5, 0.6) is 0 Å². The van der Waals surface area contributed by atoms with E-state index >= 15 is 0 Å². The Hall–Kier alpha value is -0.0400. The van der Waals surface area contributed by atoms with Crippen LogP contribution in [0.15, 0.2) is 0 Å². The summed E-state index contributed by atoms with van der Waals surface area (Å²) in [6.07, 6.45) is 3.48. The van der Waals surface area contributed by atoms with Gasteiger partial charge in [-0.2, -0.15) is 0 Å². The molecule has 1 rings (SSSR count). The summed E-state index contributed by atoms with van der Waals surface area (Å²) in [6, 6.07) is 0. The lowest BCUT2D eigenvalue weighted by atomic mass is 10.0. The van der Waals surface area contributed by atoms with Crippen LogP contribution in [0.1, 0.15) is 40.0 Å². The summed E-state index contributed by atoms with van der Waals surface area (Å²) in [5.41, 5.74) is -0.302. The summed E-state index contributed by atoms with van der Waals surface area (Å²) >= 11 is 0. The van der Waals surface area contributed by atoms with Crippen molar-refractivity contribution in [3.05, 3.63) is 0 Å². The van der Waals surface area contributed by atoms with Crippen LogP contribution in [-0.4, -0.2) is 10.7 Å². The van der Waals surface area contributed by atoms with E-state index in [0.717, 1.165) is 12.3 Å². The molecule has 0 bridgehead atoms. The predicted molar refractivity (Wildman–Crippen MR) is 42.8 cm³/mol. The molecule has 0 radical (unpaired) electrons. The van der Waals surface area contributed by atoms with E-state index in [9.17, 15) is 5.11 Å². The number of hydrogen-bond donors (Lipinski definition) is 1. The highest BCUT2D eigenvalue weighted by molar-refractivity contribution is 4.99. The van der Waals surface area contributed by atoms with Crippen molar-refractivity contribution in [2.24, 2.45) is 11.8 Å². The molecule has 1 fully saturated rings. The minimum absolute atomic E-state index is 0.302. The normalized spacial score (nSPS) is 41.4. The van der Waals surface area contributed by atoms with Crippen LogP contribution in [0.3, 0.4) is 0 Å². The van der Waals surface area contributed by atoms with Gasteiger partial charge in [0.15, 0.2) is 0 Å². The zero-order valence-corrected chi connectivity index (χ0v) is 7.22. The van der Waals surface area contributed by atoms with E-state index in [1.165, 1.54) is 12.8 Å². The molecule has 1 saturated carbocycles. The maximum Gasteiger partial charge on any atom is 0.0652 e. The van der Waals surface area contributed by atoms with Crippen LogP contribution in [0.25, 0.3) is 0 Å². The lowest BCUT2D eigenvalue weighted by molar-refractivity contribution is 0.145. The first-order valence-electron chi connectivity index (χ1n) is 4.28. The second-order valence-electron chi connectivity index (χ2n) is 4.01. The molecule has 1 unspecified atom stereocenters. The van der Waals surface area contributed by atoms with Gasteiger partial charge in [0, 0.05) is 0 Å². The highest BCUT2D eigenvalue weighted by atomic mass is 16.3. The highest BCUT2D eigenvalue weighted by Gasteiger charge is 2.48. The Morgan fingerprint density at radius 1 is 1.70 bits per heavy atom. The van der Waals surface area contributed by atoms with Gasteiger partial charge in [0.05, 0.1) is 5.60 Å². The van der Waals surface area contributed by atoms with E-state index < -0.39 is 0 Å². The SMILES string of the molecule is CCC(C)C[C@@H]1C[C@]1(C)O. The molecule has 10 heavy (non-hydrogen) atoms. The molecule has 1 aliphatic rings. The molecule has 1 nitrogen and oxygen atoms in total. The fourth-order valence-corrected chi connectivity index (χ4v) is 1.43. The van der Waals surface area contributed by atoms with E-state index in [-0.39, 0.29) is 5.60 Å². The van der Waals surface area contributed by atoms with E-state index in [4.69, 9.17) is 0 Å². The topological polar surface area (TPSA) is 20.2 Å². The minimum atomic E-state index is -0.302. The zero-order valence-electron chi connectivity index (χ0n) is 7.22. The van der Waals surface area contributed by atoms with Crippen molar-refractivity contribution < 1.29 is 5.11 Å². The van der Waals surface area contributed by atoms with Crippen LogP contribution in [0, 0.1) is 11.8 Å². The predicted octanol–water partition coefficient (Wildman–Crippen LogP) is 2.19. The molecular formula is C9H18O. The first kappa shape index (κ1) is 8.06. The summed E-state index contributed by atoms with van der Waals surface area (Å²) in [6.45, 7) is 6.41. The summed E-state index contributed by atoms with van der Waals surface area (Å²) < 4.78 is 0. The smallest absolute Gasteiger partial charge is 0.0652 e. The molecule has 0 amide bonds. The molecule has 0 aromatic rings. The average molecular weight is 142 g/mol. The zero-order chi connectivity index (χ0) is 7.78. The minimum Gasteiger partial charge on any atom is -0.390 e. The summed E-state index contributed by atoms with van der Waals surface area (Å²) in [4.78, 5) is 0. The molecule has 0 aromatic heterocycles. The van der Waals surface area contributed by atoms with Crippen LogP contribution in [0.4, 0.5) is 0 Å². The van der Waals surface area contributed by atoms with Gasteiger partial charge >= 0.3 is 0 Å². The van der Waals surface area contributed by atoms with Crippen molar-refractivity contribution in [2.45, 2.75) is 45.6 Å². The van der Waals surface area contributed by atoms with Crippen molar-refractivity contribution in [3.63, 3.8) is 0 Å². The van der Waals surface area contributed by atoms with Crippen molar-refractivity contribution in [2.75, 3.05) is 0 Å². The summed E-state index contributed by atoms with van der Waals surface area (Å²) in [7, 11) is 0. The van der Waals surface area contributed by atoms with Gasteiger partial charge in [-0.15, -0.1) is 0 Å². The molecule has 0 aromatic carbocycles. The second kappa shape index (κ2) is 2.54. The van der Waals surface area contributed by atoms with Crippen LogP contribution >= 0.6 is 0 Å². The third-order valence-corrected chi connectivity index (χ3v) is 2.76. The van der Waals surface area contributed by atoms with Gasteiger partial charge in [-0.3, -0.25) is 0 Å². The Bertz CT molecular complexity index is 118. The lowest BCUT2D eigenvalue weighted by Crippen LogP contribution is -2.06. The Labute approximate surface area is 63.4 Å². The van der Waals surface area contributed by atoms with Crippen molar-refractivity contribution in [1.29, 1.82) is 0 Å². The van der Waals surface area contributed by atoms with Gasteiger partial charge in [-0.25, -0.2) is 0 Å². The van der Waals surface area contributed by atoms with Crippen molar-refractivity contribution >= 4 is 0 Å². The molecule has 0 saturated heterocycles. The van der Waals surface area contributed by atoms with E-state index in [1.54, 1.807) is 0 Å². The standard InChI is InChI=1S/C9H18O/c1-4-7(2)5-8-6-9(8,3)10/h7-8,10H,4-6H2,1-3H3/t7?,8-,9+/m1/s1. The van der Waals surface area contributed by atoms with Crippen molar-refractivity contribution in [3.8, 4) is 0 Å². The Kier molecular flexibility index (Phi) is 2.04. The Morgan fingerprint density at radius 2 is 2.20 bits per heavy atom. The average Bonchev–Trinajstić information content (AvgIpc) is 2.40. The van der Waals surface area contributed by atoms with Gasteiger partial charge in [0.2, 0.25) is 0 Å².